The molecular formula is C25H17ClN2O4S. The van der Waals surface area contributed by atoms with Crippen LogP contribution in [0.25, 0.3) is 16.0 Å². The first-order chi connectivity index (χ1) is 16.0. The predicted molar refractivity (Wildman–Crippen MR) is 129 cm³/mol. The van der Waals surface area contributed by atoms with E-state index >= 15 is 0 Å². The van der Waals surface area contributed by atoms with E-state index in [0.29, 0.717) is 32.5 Å². The zero-order valence-electron chi connectivity index (χ0n) is 17.4. The third kappa shape index (κ3) is 3.65. The smallest absolute Gasteiger partial charge is 0.301 e. The van der Waals surface area contributed by atoms with Gasteiger partial charge < -0.3 is 9.84 Å². The number of methoxy groups -OCH3 is 1. The number of carbonyl (C=O) groups is 2. The second kappa shape index (κ2) is 8.35. The number of hydrogen-bond donors (Lipinski definition) is 1. The number of rotatable bonds is 4. The van der Waals surface area contributed by atoms with Crippen molar-refractivity contribution in [2.75, 3.05) is 12.0 Å². The number of fused-ring (bicyclic) bond motifs is 1. The number of ketones is 1. The molecule has 3 aromatic carbocycles. The number of anilines is 1. The summed E-state index contributed by atoms with van der Waals surface area (Å²) in [4.78, 5) is 32.4. The Balaban J connectivity index is 1.71. The average molecular weight is 477 g/mol. The Morgan fingerprint density at radius 1 is 1.06 bits per heavy atom. The summed E-state index contributed by atoms with van der Waals surface area (Å²) in [5.41, 5.74) is 1.77. The minimum Gasteiger partial charge on any atom is -0.507 e. The van der Waals surface area contributed by atoms with Gasteiger partial charge in [0.05, 0.1) is 28.9 Å². The van der Waals surface area contributed by atoms with Crippen LogP contribution in [0.5, 0.6) is 5.75 Å². The molecule has 5 rings (SSSR count). The van der Waals surface area contributed by atoms with E-state index < -0.39 is 17.7 Å². The van der Waals surface area contributed by atoms with Gasteiger partial charge in [0.1, 0.15) is 11.5 Å². The van der Waals surface area contributed by atoms with Gasteiger partial charge in [-0.1, -0.05) is 53.3 Å². The average Bonchev–Trinajstić information content (AvgIpc) is 3.37. The zero-order chi connectivity index (χ0) is 23.1. The molecule has 1 aliphatic heterocycles. The molecule has 2 heterocycles. The lowest BCUT2D eigenvalue weighted by atomic mass is 9.95. The summed E-state index contributed by atoms with van der Waals surface area (Å²) in [6.45, 7) is 0. The van der Waals surface area contributed by atoms with Gasteiger partial charge in [-0.2, -0.15) is 0 Å². The van der Waals surface area contributed by atoms with E-state index in [0.717, 1.165) is 4.70 Å². The summed E-state index contributed by atoms with van der Waals surface area (Å²) >= 11 is 7.25. The number of carbonyl (C=O) groups excluding carboxylic acids is 2. The van der Waals surface area contributed by atoms with Gasteiger partial charge >= 0.3 is 5.91 Å². The fourth-order valence-electron chi connectivity index (χ4n) is 3.87. The standard InChI is InChI=1S/C25H17ClN2O4S/c1-32-17-11-12-18-19(13-17)33-25(27-18)28-21(14-5-3-2-4-6-14)20(23(30)24(28)31)22(29)15-7-9-16(26)10-8-15/h2-13,21,29H,1H3. The van der Waals surface area contributed by atoms with Crippen LogP contribution < -0.4 is 9.64 Å². The minimum absolute atomic E-state index is 0.00496. The van der Waals surface area contributed by atoms with Crippen LogP contribution in [0.4, 0.5) is 5.13 Å². The first kappa shape index (κ1) is 21.2. The highest BCUT2D eigenvalue weighted by Gasteiger charge is 2.48. The second-order valence-corrected chi connectivity index (χ2v) is 8.86. The molecule has 0 bridgehead atoms. The van der Waals surface area contributed by atoms with Crippen molar-refractivity contribution in [1.82, 2.24) is 4.98 Å². The lowest BCUT2D eigenvalue weighted by molar-refractivity contribution is -0.132. The van der Waals surface area contributed by atoms with Crippen LogP contribution in [0.2, 0.25) is 5.02 Å². The van der Waals surface area contributed by atoms with Crippen LogP contribution in [-0.4, -0.2) is 28.9 Å². The highest BCUT2D eigenvalue weighted by molar-refractivity contribution is 7.22. The van der Waals surface area contributed by atoms with E-state index in [1.165, 1.54) is 16.2 Å². The first-order valence-corrected chi connectivity index (χ1v) is 11.2. The lowest BCUT2D eigenvalue weighted by Crippen LogP contribution is -2.29. The number of aromatic nitrogens is 1. The van der Waals surface area contributed by atoms with Gasteiger partial charge in [-0.25, -0.2) is 4.98 Å². The van der Waals surface area contributed by atoms with Crippen molar-refractivity contribution >= 4 is 55.7 Å². The van der Waals surface area contributed by atoms with Crippen LogP contribution in [0, 0.1) is 0 Å². The Kier molecular flexibility index (Phi) is 5.36. The van der Waals surface area contributed by atoms with E-state index in [2.05, 4.69) is 4.98 Å². The molecule has 0 saturated carbocycles. The molecule has 0 aliphatic carbocycles. The maximum Gasteiger partial charge on any atom is 0.301 e. The lowest BCUT2D eigenvalue weighted by Gasteiger charge is -2.22. The molecule has 33 heavy (non-hydrogen) atoms. The van der Waals surface area contributed by atoms with Crippen molar-refractivity contribution in [1.29, 1.82) is 0 Å². The summed E-state index contributed by atoms with van der Waals surface area (Å²) in [5, 5.41) is 12.0. The summed E-state index contributed by atoms with van der Waals surface area (Å²) in [7, 11) is 1.58. The summed E-state index contributed by atoms with van der Waals surface area (Å²) in [6, 6.07) is 20.2. The van der Waals surface area contributed by atoms with Crippen LogP contribution >= 0.6 is 22.9 Å². The number of amides is 1. The largest absolute Gasteiger partial charge is 0.507 e. The normalized spacial score (nSPS) is 17.6. The molecule has 1 fully saturated rings. The van der Waals surface area contributed by atoms with E-state index in [4.69, 9.17) is 16.3 Å². The van der Waals surface area contributed by atoms with E-state index in [1.807, 2.05) is 36.4 Å². The molecule has 1 aromatic heterocycles. The topological polar surface area (TPSA) is 79.7 Å². The molecule has 4 aromatic rings. The molecule has 1 unspecified atom stereocenters. The van der Waals surface area contributed by atoms with Crippen molar-refractivity contribution in [3.63, 3.8) is 0 Å². The van der Waals surface area contributed by atoms with E-state index in [1.54, 1.807) is 43.5 Å². The molecule has 8 heteroatoms. The van der Waals surface area contributed by atoms with Gasteiger partial charge in [0.15, 0.2) is 5.13 Å². The van der Waals surface area contributed by atoms with Crippen molar-refractivity contribution < 1.29 is 19.4 Å². The maximum absolute atomic E-state index is 13.2. The monoisotopic (exact) mass is 476 g/mol. The van der Waals surface area contributed by atoms with Gasteiger partial charge in [0.25, 0.3) is 5.78 Å². The molecular weight excluding hydrogens is 460 g/mol. The zero-order valence-corrected chi connectivity index (χ0v) is 18.9. The van der Waals surface area contributed by atoms with Crippen LogP contribution in [-0.2, 0) is 9.59 Å². The molecule has 1 N–H and O–H groups in total. The number of aliphatic hydroxyl groups is 1. The molecule has 1 saturated heterocycles. The summed E-state index contributed by atoms with van der Waals surface area (Å²) in [6.07, 6.45) is 0. The highest BCUT2D eigenvalue weighted by atomic mass is 35.5. The number of aliphatic hydroxyl groups excluding tert-OH is 1. The molecule has 1 amide bonds. The van der Waals surface area contributed by atoms with Gasteiger partial charge in [0, 0.05) is 10.6 Å². The van der Waals surface area contributed by atoms with Crippen LogP contribution in [0.1, 0.15) is 17.2 Å². The maximum atomic E-state index is 13.2. The Hall–Kier alpha value is -3.68. The number of Topliss-reactive ketones (excluding diaryl/α,β-unsaturated/α-hetero) is 1. The molecule has 1 atom stereocenters. The predicted octanol–water partition coefficient (Wildman–Crippen LogP) is 5.58. The fourth-order valence-corrected chi connectivity index (χ4v) is 5.01. The Bertz CT molecular complexity index is 1410. The van der Waals surface area contributed by atoms with Crippen molar-refractivity contribution in [2.45, 2.75) is 6.04 Å². The number of nitrogens with zero attached hydrogens (tertiary/aromatic N) is 2. The highest BCUT2D eigenvalue weighted by Crippen LogP contribution is 2.44. The first-order valence-electron chi connectivity index (χ1n) is 10.0. The van der Waals surface area contributed by atoms with Crippen molar-refractivity contribution in [3.8, 4) is 5.75 Å². The summed E-state index contributed by atoms with van der Waals surface area (Å²) in [5.74, 6) is -1.11. The van der Waals surface area contributed by atoms with Gasteiger partial charge in [-0.05, 0) is 48.0 Å². The Morgan fingerprint density at radius 2 is 1.79 bits per heavy atom. The quantitative estimate of drug-likeness (QED) is 0.236. The van der Waals surface area contributed by atoms with Gasteiger partial charge in [0.2, 0.25) is 0 Å². The Labute approximate surface area is 198 Å². The number of hydrogen-bond acceptors (Lipinski definition) is 6. The molecule has 0 spiro atoms. The van der Waals surface area contributed by atoms with E-state index in [9.17, 15) is 14.7 Å². The Morgan fingerprint density at radius 3 is 2.48 bits per heavy atom. The van der Waals surface area contributed by atoms with Crippen LogP contribution in [0.3, 0.4) is 0 Å². The molecule has 6 nitrogen and oxygen atoms in total. The minimum atomic E-state index is -0.829. The number of halogens is 1. The third-order valence-electron chi connectivity index (χ3n) is 5.47. The third-order valence-corrected chi connectivity index (χ3v) is 6.74. The molecule has 164 valence electrons. The van der Waals surface area contributed by atoms with E-state index in [-0.39, 0.29) is 11.3 Å². The summed E-state index contributed by atoms with van der Waals surface area (Å²) < 4.78 is 6.10. The van der Waals surface area contributed by atoms with Gasteiger partial charge in [-0.3, -0.25) is 14.5 Å². The number of benzene rings is 3. The number of thiazole rings is 1. The molecule has 0 radical (unpaired) electrons. The number of ether oxygens (including phenoxy) is 1. The van der Waals surface area contributed by atoms with Gasteiger partial charge in [-0.15, -0.1) is 0 Å². The SMILES string of the molecule is COc1ccc2nc(N3C(=O)C(=O)C(=C(O)c4ccc(Cl)cc4)C3c3ccccc3)sc2c1. The van der Waals surface area contributed by atoms with Crippen molar-refractivity contribution in [2.24, 2.45) is 0 Å². The van der Waals surface area contributed by atoms with Crippen molar-refractivity contribution in [3.05, 3.63) is 94.5 Å². The molecule has 1 aliphatic rings. The fraction of sp³-hybridized carbons (Fsp3) is 0.0800. The van der Waals surface area contributed by atoms with Crippen LogP contribution in [0.15, 0.2) is 78.4 Å². The second-order valence-electron chi connectivity index (χ2n) is 7.42.